The highest BCUT2D eigenvalue weighted by molar-refractivity contribution is 7.98. The fraction of sp³-hybridized carbons (Fsp3) is 0.286. The van der Waals surface area contributed by atoms with Crippen LogP contribution in [0, 0.1) is 0 Å². The van der Waals surface area contributed by atoms with Gasteiger partial charge in [-0.15, -0.1) is 0 Å². The van der Waals surface area contributed by atoms with Gasteiger partial charge in [-0.1, -0.05) is 42.5 Å². The zero-order chi connectivity index (χ0) is 20.6. The van der Waals surface area contributed by atoms with Gasteiger partial charge in [-0.2, -0.15) is 11.8 Å². The summed E-state index contributed by atoms with van der Waals surface area (Å²) < 4.78 is 0. The summed E-state index contributed by atoms with van der Waals surface area (Å²) in [5.74, 6) is 0.208. The van der Waals surface area contributed by atoms with Gasteiger partial charge in [0.25, 0.3) is 0 Å². The second kappa shape index (κ2) is 9.97. The number of urea groups is 1. The third-order valence-electron chi connectivity index (χ3n) is 4.55. The Kier molecular flexibility index (Phi) is 7.13. The molecule has 0 aliphatic carbocycles. The average Bonchev–Trinajstić information content (AvgIpc) is 2.74. The number of anilines is 2. The molecular formula is C21H24N4O3S. The van der Waals surface area contributed by atoms with Crippen molar-refractivity contribution in [3.8, 4) is 0 Å². The molecule has 8 heteroatoms. The first kappa shape index (κ1) is 20.7. The zero-order valence-electron chi connectivity index (χ0n) is 16.2. The molecule has 2 aromatic carbocycles. The Morgan fingerprint density at radius 2 is 1.86 bits per heavy atom. The number of benzene rings is 2. The number of fused-ring (bicyclic) bond motifs is 1. The van der Waals surface area contributed by atoms with E-state index >= 15 is 0 Å². The SMILES string of the molecule is CSCCC(NC(=O)N1CC(=O)Nc2ccccc21)C(=O)NCc1ccccc1. The van der Waals surface area contributed by atoms with E-state index in [0.717, 1.165) is 11.3 Å². The number of hydrogen-bond donors (Lipinski definition) is 3. The van der Waals surface area contributed by atoms with Crippen molar-refractivity contribution in [3.63, 3.8) is 0 Å². The normalized spacial score (nSPS) is 13.8. The number of nitrogens with zero attached hydrogens (tertiary/aromatic N) is 1. The zero-order valence-corrected chi connectivity index (χ0v) is 17.0. The van der Waals surface area contributed by atoms with Crippen molar-refractivity contribution in [1.29, 1.82) is 0 Å². The van der Waals surface area contributed by atoms with Crippen LogP contribution in [-0.4, -0.2) is 42.4 Å². The van der Waals surface area contributed by atoms with Gasteiger partial charge in [0.1, 0.15) is 12.6 Å². The Bertz CT molecular complexity index is 875. The van der Waals surface area contributed by atoms with Gasteiger partial charge >= 0.3 is 6.03 Å². The lowest BCUT2D eigenvalue weighted by Gasteiger charge is -2.30. The third kappa shape index (κ3) is 5.51. The van der Waals surface area contributed by atoms with Crippen LogP contribution in [0.25, 0.3) is 0 Å². The lowest BCUT2D eigenvalue weighted by atomic mass is 10.1. The summed E-state index contributed by atoms with van der Waals surface area (Å²) >= 11 is 1.60. The van der Waals surface area contributed by atoms with Crippen LogP contribution in [-0.2, 0) is 16.1 Å². The Morgan fingerprint density at radius 1 is 1.14 bits per heavy atom. The second-order valence-corrected chi connectivity index (χ2v) is 7.62. The molecule has 0 bridgehead atoms. The van der Waals surface area contributed by atoms with Gasteiger partial charge in [0, 0.05) is 6.54 Å². The largest absolute Gasteiger partial charge is 0.350 e. The Hall–Kier alpha value is -3.00. The van der Waals surface area contributed by atoms with E-state index in [1.807, 2.05) is 36.6 Å². The predicted molar refractivity (Wildman–Crippen MR) is 116 cm³/mol. The number of para-hydroxylation sites is 2. The monoisotopic (exact) mass is 412 g/mol. The molecule has 0 saturated carbocycles. The minimum atomic E-state index is -0.684. The van der Waals surface area contributed by atoms with Crippen molar-refractivity contribution >= 4 is 41.0 Å². The van der Waals surface area contributed by atoms with Gasteiger partial charge in [0.15, 0.2) is 0 Å². The highest BCUT2D eigenvalue weighted by atomic mass is 32.2. The number of thioether (sulfide) groups is 1. The molecule has 1 atom stereocenters. The molecule has 0 radical (unpaired) electrons. The molecule has 2 aromatic rings. The fourth-order valence-electron chi connectivity index (χ4n) is 3.05. The summed E-state index contributed by atoms with van der Waals surface area (Å²) in [6.07, 6.45) is 2.45. The van der Waals surface area contributed by atoms with Crippen LogP contribution in [0.3, 0.4) is 0 Å². The number of carbonyl (C=O) groups is 3. The van der Waals surface area contributed by atoms with Crippen LogP contribution in [0.15, 0.2) is 54.6 Å². The molecule has 1 unspecified atom stereocenters. The first-order valence-corrected chi connectivity index (χ1v) is 10.8. The Balaban J connectivity index is 1.68. The number of nitrogens with one attached hydrogen (secondary N) is 3. The van der Waals surface area contributed by atoms with E-state index in [9.17, 15) is 14.4 Å². The number of amides is 4. The van der Waals surface area contributed by atoms with E-state index < -0.39 is 12.1 Å². The lowest BCUT2D eigenvalue weighted by Crippen LogP contribution is -2.54. The molecular weight excluding hydrogens is 388 g/mol. The van der Waals surface area contributed by atoms with Crippen molar-refractivity contribution in [2.45, 2.75) is 19.0 Å². The molecule has 4 amide bonds. The summed E-state index contributed by atoms with van der Waals surface area (Å²) in [4.78, 5) is 39.0. The lowest BCUT2D eigenvalue weighted by molar-refractivity contribution is -0.123. The van der Waals surface area contributed by atoms with Crippen molar-refractivity contribution in [2.75, 3.05) is 28.8 Å². The van der Waals surface area contributed by atoms with Crippen molar-refractivity contribution in [2.24, 2.45) is 0 Å². The Morgan fingerprint density at radius 3 is 2.62 bits per heavy atom. The van der Waals surface area contributed by atoms with Crippen molar-refractivity contribution in [3.05, 3.63) is 60.2 Å². The molecule has 3 rings (SSSR count). The first-order chi connectivity index (χ1) is 14.1. The minimum absolute atomic E-state index is 0.0935. The fourth-order valence-corrected chi connectivity index (χ4v) is 3.53. The molecule has 7 nitrogen and oxygen atoms in total. The molecule has 3 N–H and O–H groups in total. The van der Waals surface area contributed by atoms with Gasteiger partial charge in [0.05, 0.1) is 11.4 Å². The highest BCUT2D eigenvalue weighted by Gasteiger charge is 2.29. The third-order valence-corrected chi connectivity index (χ3v) is 5.19. The molecule has 0 spiro atoms. The summed E-state index contributed by atoms with van der Waals surface area (Å²) in [5.41, 5.74) is 2.17. The average molecular weight is 413 g/mol. The quantitative estimate of drug-likeness (QED) is 0.652. The van der Waals surface area contributed by atoms with Gasteiger partial charge in [-0.3, -0.25) is 14.5 Å². The first-order valence-electron chi connectivity index (χ1n) is 9.36. The summed E-state index contributed by atoms with van der Waals surface area (Å²) in [6.45, 7) is 0.296. The van der Waals surface area contributed by atoms with Crippen LogP contribution < -0.4 is 20.9 Å². The van der Waals surface area contributed by atoms with Crippen LogP contribution in [0.1, 0.15) is 12.0 Å². The van der Waals surface area contributed by atoms with E-state index in [-0.39, 0.29) is 18.4 Å². The molecule has 0 aromatic heterocycles. The van der Waals surface area contributed by atoms with Gasteiger partial charge in [0.2, 0.25) is 11.8 Å². The second-order valence-electron chi connectivity index (χ2n) is 6.64. The van der Waals surface area contributed by atoms with Crippen molar-refractivity contribution in [1.82, 2.24) is 10.6 Å². The van der Waals surface area contributed by atoms with E-state index in [2.05, 4.69) is 16.0 Å². The number of carbonyl (C=O) groups excluding carboxylic acids is 3. The van der Waals surface area contributed by atoms with Crippen LogP contribution >= 0.6 is 11.8 Å². The molecule has 1 heterocycles. The summed E-state index contributed by atoms with van der Waals surface area (Å²) in [5, 5.41) is 8.43. The molecule has 1 aliphatic heterocycles. The molecule has 0 saturated heterocycles. The van der Waals surface area contributed by atoms with Crippen molar-refractivity contribution < 1.29 is 14.4 Å². The van der Waals surface area contributed by atoms with E-state index in [1.165, 1.54) is 4.90 Å². The maximum absolute atomic E-state index is 12.9. The van der Waals surface area contributed by atoms with E-state index in [4.69, 9.17) is 0 Å². The van der Waals surface area contributed by atoms with E-state index in [1.54, 1.807) is 36.0 Å². The number of hydrogen-bond acceptors (Lipinski definition) is 4. The van der Waals surface area contributed by atoms with Crippen LogP contribution in [0.5, 0.6) is 0 Å². The van der Waals surface area contributed by atoms with Crippen LogP contribution in [0.4, 0.5) is 16.2 Å². The van der Waals surface area contributed by atoms with Gasteiger partial charge in [-0.05, 0) is 36.1 Å². The maximum atomic E-state index is 12.9. The maximum Gasteiger partial charge on any atom is 0.323 e. The number of rotatable bonds is 7. The Labute approximate surface area is 174 Å². The molecule has 1 aliphatic rings. The van der Waals surface area contributed by atoms with Gasteiger partial charge < -0.3 is 16.0 Å². The van der Waals surface area contributed by atoms with Crippen LogP contribution in [0.2, 0.25) is 0 Å². The minimum Gasteiger partial charge on any atom is -0.350 e. The topological polar surface area (TPSA) is 90.5 Å². The summed E-state index contributed by atoms with van der Waals surface area (Å²) in [7, 11) is 0. The van der Waals surface area contributed by atoms with E-state index in [0.29, 0.717) is 24.3 Å². The summed E-state index contributed by atoms with van der Waals surface area (Å²) in [6, 6.07) is 15.5. The molecule has 152 valence electrons. The standard InChI is InChI=1S/C21H24N4O3S/c1-29-12-11-17(20(27)22-13-15-7-3-2-4-8-15)24-21(28)25-14-19(26)23-16-9-5-6-10-18(16)25/h2-10,17H,11-14H2,1H3,(H,22,27)(H,23,26)(H,24,28). The highest BCUT2D eigenvalue weighted by Crippen LogP contribution is 2.28. The molecule has 0 fully saturated rings. The smallest absolute Gasteiger partial charge is 0.323 e. The molecule has 29 heavy (non-hydrogen) atoms. The van der Waals surface area contributed by atoms with Gasteiger partial charge in [-0.25, -0.2) is 4.79 Å². The predicted octanol–water partition coefficient (Wildman–Crippen LogP) is 2.59.